The molecule has 1 heterocycles. The van der Waals surface area contributed by atoms with Crippen LogP contribution in [-0.2, 0) is 17.8 Å². The molecule has 118 valence electrons. The maximum absolute atomic E-state index is 12.8. The minimum Gasteiger partial charge on any atom is -0.323 e. The number of amides is 1. The smallest absolute Gasteiger partial charge is 0.248 e. The van der Waals surface area contributed by atoms with Gasteiger partial charge in [-0.25, -0.2) is 4.39 Å². The van der Waals surface area contributed by atoms with Crippen LogP contribution in [0.5, 0.6) is 0 Å². The van der Waals surface area contributed by atoms with Crippen LogP contribution in [0.4, 0.5) is 10.1 Å². The summed E-state index contributed by atoms with van der Waals surface area (Å²) in [7, 11) is 2.11. The van der Waals surface area contributed by atoms with E-state index in [4.69, 9.17) is 0 Å². The maximum atomic E-state index is 12.8. The molecule has 0 saturated heterocycles. The van der Waals surface area contributed by atoms with Gasteiger partial charge in [0.1, 0.15) is 5.82 Å². The summed E-state index contributed by atoms with van der Waals surface area (Å²) in [4.78, 5) is 14.2. The number of nitrogens with one attached hydrogen (secondary N) is 1. The second kappa shape index (κ2) is 6.75. The molecule has 0 fully saturated rings. The Hall–Kier alpha value is -2.46. The number of halogens is 1. The molecule has 0 bridgehead atoms. The maximum Gasteiger partial charge on any atom is 0.248 e. The van der Waals surface area contributed by atoms with Crippen LogP contribution in [0.15, 0.2) is 48.5 Å². The van der Waals surface area contributed by atoms with Gasteiger partial charge in [0.2, 0.25) is 5.91 Å². The molecule has 3 nitrogen and oxygen atoms in total. The van der Waals surface area contributed by atoms with Gasteiger partial charge in [-0.3, -0.25) is 4.79 Å². The van der Waals surface area contributed by atoms with E-state index in [2.05, 4.69) is 29.4 Å². The van der Waals surface area contributed by atoms with E-state index in [1.165, 1.54) is 41.5 Å². The Morgan fingerprint density at radius 2 is 1.96 bits per heavy atom. The molecule has 1 aliphatic heterocycles. The Morgan fingerprint density at radius 3 is 2.74 bits per heavy atom. The summed E-state index contributed by atoms with van der Waals surface area (Å²) in [6.45, 7) is 2.03. The summed E-state index contributed by atoms with van der Waals surface area (Å²) >= 11 is 0. The van der Waals surface area contributed by atoms with Crippen LogP contribution in [0.2, 0.25) is 0 Å². The van der Waals surface area contributed by atoms with Gasteiger partial charge < -0.3 is 10.2 Å². The van der Waals surface area contributed by atoms with Gasteiger partial charge in [-0.05, 0) is 60.5 Å². The topological polar surface area (TPSA) is 32.3 Å². The number of carbonyl (C=O) groups is 1. The highest BCUT2D eigenvalue weighted by atomic mass is 19.1. The second-order valence-electron chi connectivity index (χ2n) is 5.85. The number of carbonyl (C=O) groups excluding carboxylic acids is 1. The van der Waals surface area contributed by atoms with Crippen molar-refractivity contribution in [3.05, 3.63) is 71.0 Å². The molecule has 4 heteroatoms. The number of hydrogen-bond acceptors (Lipinski definition) is 2. The summed E-state index contributed by atoms with van der Waals surface area (Å²) in [6, 6.07) is 12.0. The number of fused-ring (bicyclic) bond motifs is 1. The molecule has 0 saturated carbocycles. The Labute approximate surface area is 135 Å². The van der Waals surface area contributed by atoms with Gasteiger partial charge in [-0.15, -0.1) is 0 Å². The molecular weight excluding hydrogens is 291 g/mol. The molecule has 0 spiro atoms. The van der Waals surface area contributed by atoms with Crippen LogP contribution in [-0.4, -0.2) is 24.4 Å². The first kappa shape index (κ1) is 15.4. The lowest BCUT2D eigenvalue weighted by molar-refractivity contribution is -0.111. The third-order valence-electron chi connectivity index (χ3n) is 3.97. The van der Waals surface area contributed by atoms with Crippen molar-refractivity contribution in [3.8, 4) is 0 Å². The highest BCUT2D eigenvalue weighted by molar-refractivity contribution is 6.01. The largest absolute Gasteiger partial charge is 0.323 e. The molecule has 2 aromatic rings. The van der Waals surface area contributed by atoms with Crippen molar-refractivity contribution in [3.63, 3.8) is 0 Å². The van der Waals surface area contributed by atoms with E-state index < -0.39 is 0 Å². The lowest BCUT2D eigenvalue weighted by Gasteiger charge is -2.25. The number of anilines is 1. The normalized spacial score (nSPS) is 14.7. The monoisotopic (exact) mass is 310 g/mol. The first-order valence-electron chi connectivity index (χ1n) is 7.65. The highest BCUT2D eigenvalue weighted by Gasteiger charge is 2.12. The molecule has 2 aromatic carbocycles. The Balaban J connectivity index is 1.66. The van der Waals surface area contributed by atoms with Gasteiger partial charge in [0.05, 0.1) is 0 Å². The minimum absolute atomic E-state index is 0.230. The summed E-state index contributed by atoms with van der Waals surface area (Å²) in [5.41, 5.74) is 4.29. The van der Waals surface area contributed by atoms with Crippen molar-refractivity contribution in [2.24, 2.45) is 0 Å². The number of hydrogen-bond donors (Lipinski definition) is 1. The van der Waals surface area contributed by atoms with Gasteiger partial charge in [-0.2, -0.15) is 0 Å². The summed E-state index contributed by atoms with van der Waals surface area (Å²) in [5, 5.41) is 2.71. The second-order valence-corrected chi connectivity index (χ2v) is 5.85. The molecule has 23 heavy (non-hydrogen) atoms. The van der Waals surface area contributed by atoms with Crippen LogP contribution in [0, 0.1) is 5.82 Å². The van der Waals surface area contributed by atoms with E-state index in [0.29, 0.717) is 5.69 Å². The average Bonchev–Trinajstić information content (AvgIpc) is 2.54. The fourth-order valence-corrected chi connectivity index (χ4v) is 2.71. The van der Waals surface area contributed by atoms with E-state index in [1.807, 2.05) is 6.07 Å². The van der Waals surface area contributed by atoms with E-state index in [1.54, 1.807) is 6.08 Å². The van der Waals surface area contributed by atoms with Crippen molar-refractivity contribution in [1.29, 1.82) is 0 Å². The van der Waals surface area contributed by atoms with Gasteiger partial charge in [0, 0.05) is 24.9 Å². The fraction of sp³-hybridized carbons (Fsp3) is 0.211. The molecule has 0 unspecified atom stereocenters. The Kier molecular flexibility index (Phi) is 4.53. The van der Waals surface area contributed by atoms with Gasteiger partial charge in [-0.1, -0.05) is 18.2 Å². The molecule has 0 atom stereocenters. The third kappa shape index (κ3) is 4.05. The number of nitrogens with zero attached hydrogens (tertiary/aromatic N) is 1. The fourth-order valence-electron chi connectivity index (χ4n) is 2.71. The van der Waals surface area contributed by atoms with E-state index in [0.717, 1.165) is 25.1 Å². The quantitative estimate of drug-likeness (QED) is 0.881. The molecule has 0 radical (unpaired) electrons. The van der Waals surface area contributed by atoms with Crippen molar-refractivity contribution >= 4 is 17.7 Å². The van der Waals surface area contributed by atoms with Crippen LogP contribution >= 0.6 is 0 Å². The number of rotatable bonds is 3. The Bertz CT molecular complexity index is 738. The van der Waals surface area contributed by atoms with Gasteiger partial charge in [0.15, 0.2) is 0 Å². The zero-order chi connectivity index (χ0) is 16.2. The lowest BCUT2D eigenvalue weighted by Crippen LogP contribution is -2.26. The predicted octanol–water partition coefficient (Wildman–Crippen LogP) is 3.47. The number of benzene rings is 2. The summed E-state index contributed by atoms with van der Waals surface area (Å²) < 4.78 is 12.8. The number of likely N-dealkylation sites (N-methyl/N-ethyl adjacent to an activating group) is 1. The standard InChI is InChI=1S/C19H19FN2O/c1-22-11-10-15-4-2-14(12-16(15)13-22)3-9-19(23)21-18-7-5-17(20)6-8-18/h2-9,12H,10-11,13H2,1H3,(H,21,23). The van der Waals surface area contributed by atoms with E-state index >= 15 is 0 Å². The lowest BCUT2D eigenvalue weighted by atomic mass is 9.97. The van der Waals surface area contributed by atoms with Gasteiger partial charge in [0.25, 0.3) is 0 Å². The molecular formula is C19H19FN2O. The van der Waals surface area contributed by atoms with E-state index in [9.17, 15) is 9.18 Å². The van der Waals surface area contributed by atoms with E-state index in [-0.39, 0.29) is 11.7 Å². The zero-order valence-corrected chi connectivity index (χ0v) is 13.1. The first-order chi connectivity index (χ1) is 11.1. The van der Waals surface area contributed by atoms with Crippen LogP contribution in [0.1, 0.15) is 16.7 Å². The van der Waals surface area contributed by atoms with Crippen molar-refractivity contribution in [1.82, 2.24) is 4.90 Å². The van der Waals surface area contributed by atoms with Crippen LogP contribution in [0.25, 0.3) is 6.08 Å². The summed E-state index contributed by atoms with van der Waals surface area (Å²) in [6.07, 6.45) is 4.37. The molecule has 0 aromatic heterocycles. The SMILES string of the molecule is CN1CCc2ccc(C=CC(=O)Nc3ccc(F)cc3)cc2C1. The molecule has 0 aliphatic carbocycles. The zero-order valence-electron chi connectivity index (χ0n) is 13.1. The minimum atomic E-state index is -0.322. The molecule has 1 aliphatic rings. The average molecular weight is 310 g/mol. The van der Waals surface area contributed by atoms with Crippen LogP contribution < -0.4 is 5.32 Å². The van der Waals surface area contributed by atoms with Crippen molar-refractivity contribution in [2.45, 2.75) is 13.0 Å². The molecule has 1 N–H and O–H groups in total. The first-order valence-corrected chi connectivity index (χ1v) is 7.65. The predicted molar refractivity (Wildman–Crippen MR) is 90.5 cm³/mol. The van der Waals surface area contributed by atoms with Crippen LogP contribution in [0.3, 0.4) is 0 Å². The van der Waals surface area contributed by atoms with Crippen molar-refractivity contribution < 1.29 is 9.18 Å². The molecule has 1 amide bonds. The summed E-state index contributed by atoms with van der Waals surface area (Å²) in [5.74, 6) is -0.552. The molecule has 3 rings (SSSR count). The Morgan fingerprint density at radius 1 is 1.17 bits per heavy atom. The van der Waals surface area contributed by atoms with Crippen molar-refractivity contribution in [2.75, 3.05) is 18.9 Å². The van der Waals surface area contributed by atoms with Gasteiger partial charge >= 0.3 is 0 Å². The highest BCUT2D eigenvalue weighted by Crippen LogP contribution is 2.20. The third-order valence-corrected chi connectivity index (χ3v) is 3.97.